The van der Waals surface area contributed by atoms with Gasteiger partial charge in [-0.1, -0.05) is 13.8 Å². The number of thioether (sulfide) groups is 1. The zero-order valence-corrected chi connectivity index (χ0v) is 14.7. The Labute approximate surface area is 140 Å². The van der Waals surface area contributed by atoms with Gasteiger partial charge in [-0.2, -0.15) is 11.8 Å². The maximum absolute atomic E-state index is 12.3. The highest BCUT2D eigenvalue weighted by atomic mass is 32.2. The number of carbonyl (C=O) groups is 3. The number of aliphatic hydroxyl groups excluding tert-OH is 1. The number of carboxylic acid groups (broad SMARTS) is 1. The first-order valence-corrected chi connectivity index (χ1v) is 8.77. The zero-order valence-electron chi connectivity index (χ0n) is 13.9. The second-order valence-corrected chi connectivity index (χ2v) is 6.66. The van der Waals surface area contributed by atoms with Crippen LogP contribution in [0.25, 0.3) is 0 Å². The van der Waals surface area contributed by atoms with Crippen LogP contribution in [0, 0.1) is 5.92 Å². The van der Waals surface area contributed by atoms with Gasteiger partial charge in [-0.25, -0.2) is 4.79 Å². The van der Waals surface area contributed by atoms with Crippen LogP contribution in [0.15, 0.2) is 0 Å². The van der Waals surface area contributed by atoms with Gasteiger partial charge in [-0.15, -0.1) is 0 Å². The van der Waals surface area contributed by atoms with Gasteiger partial charge in [0.2, 0.25) is 11.8 Å². The molecule has 23 heavy (non-hydrogen) atoms. The Morgan fingerprint density at radius 2 is 1.70 bits per heavy atom. The summed E-state index contributed by atoms with van der Waals surface area (Å²) in [7, 11) is 0. The Bertz CT molecular complexity index is 417. The molecule has 0 fully saturated rings. The molecule has 4 unspecified atom stereocenters. The fourth-order valence-corrected chi connectivity index (χ4v) is 2.23. The first-order chi connectivity index (χ1) is 10.6. The van der Waals surface area contributed by atoms with Gasteiger partial charge in [0.1, 0.15) is 18.1 Å². The molecule has 0 saturated carbocycles. The van der Waals surface area contributed by atoms with Crippen LogP contribution in [-0.4, -0.2) is 64.2 Å². The molecular formula is C14H27N3O5S. The van der Waals surface area contributed by atoms with Crippen molar-refractivity contribution < 1.29 is 24.6 Å². The normalized spacial score (nSPS) is 16.3. The van der Waals surface area contributed by atoms with Gasteiger partial charge < -0.3 is 26.6 Å². The minimum absolute atomic E-state index is 0.298. The average Bonchev–Trinajstić information content (AvgIpc) is 2.46. The molecule has 0 aliphatic carbocycles. The van der Waals surface area contributed by atoms with E-state index in [1.807, 2.05) is 6.26 Å². The number of aliphatic hydroxyl groups is 1. The highest BCUT2D eigenvalue weighted by Crippen LogP contribution is 2.06. The van der Waals surface area contributed by atoms with Crippen molar-refractivity contribution in [3.8, 4) is 0 Å². The monoisotopic (exact) mass is 349 g/mol. The van der Waals surface area contributed by atoms with Gasteiger partial charge in [0, 0.05) is 0 Å². The molecule has 4 atom stereocenters. The lowest BCUT2D eigenvalue weighted by molar-refractivity contribution is -0.143. The van der Waals surface area contributed by atoms with Gasteiger partial charge in [0.25, 0.3) is 0 Å². The van der Waals surface area contributed by atoms with Crippen molar-refractivity contribution in [2.75, 3.05) is 12.0 Å². The number of hydrogen-bond acceptors (Lipinski definition) is 6. The van der Waals surface area contributed by atoms with Crippen LogP contribution in [0.2, 0.25) is 0 Å². The lowest BCUT2D eigenvalue weighted by atomic mass is 10.0. The highest BCUT2D eigenvalue weighted by Gasteiger charge is 2.30. The smallest absolute Gasteiger partial charge is 0.326 e. The number of aliphatic carboxylic acids is 1. The van der Waals surface area contributed by atoms with Crippen LogP contribution in [0.4, 0.5) is 0 Å². The molecule has 0 aromatic heterocycles. The number of carboxylic acids is 1. The van der Waals surface area contributed by atoms with Crippen LogP contribution < -0.4 is 16.4 Å². The summed E-state index contributed by atoms with van der Waals surface area (Å²) in [5.74, 6) is -2.07. The van der Waals surface area contributed by atoms with Crippen LogP contribution in [0.3, 0.4) is 0 Å². The first kappa shape index (κ1) is 21.7. The molecule has 0 bridgehead atoms. The lowest BCUT2D eigenvalue weighted by Gasteiger charge is -2.24. The Morgan fingerprint density at radius 3 is 2.09 bits per heavy atom. The van der Waals surface area contributed by atoms with Crippen LogP contribution >= 0.6 is 11.8 Å². The second-order valence-electron chi connectivity index (χ2n) is 5.68. The molecule has 0 radical (unpaired) electrons. The standard InChI is InChI=1S/C14H27N3O5S/c1-7(2)11(14(21)22)17-12(19)9(5-6-23-4)16-13(20)10(15)8(3)18/h7-11,18H,5-6,15H2,1-4H3,(H,16,20)(H,17,19)(H,21,22). The molecule has 6 N–H and O–H groups in total. The summed E-state index contributed by atoms with van der Waals surface area (Å²) in [5, 5.41) is 23.4. The maximum atomic E-state index is 12.3. The van der Waals surface area contributed by atoms with Crippen molar-refractivity contribution >= 4 is 29.5 Å². The number of rotatable bonds is 10. The molecule has 134 valence electrons. The third kappa shape index (κ3) is 7.67. The van der Waals surface area contributed by atoms with Crippen molar-refractivity contribution in [3.63, 3.8) is 0 Å². The first-order valence-electron chi connectivity index (χ1n) is 7.37. The maximum Gasteiger partial charge on any atom is 0.326 e. The van der Waals surface area contributed by atoms with Crippen LogP contribution in [0.5, 0.6) is 0 Å². The van der Waals surface area contributed by atoms with Gasteiger partial charge in [0.15, 0.2) is 0 Å². The summed E-state index contributed by atoms with van der Waals surface area (Å²) in [6, 6.07) is -3.10. The van der Waals surface area contributed by atoms with E-state index in [9.17, 15) is 19.5 Å². The Morgan fingerprint density at radius 1 is 1.13 bits per heavy atom. The fraction of sp³-hybridized carbons (Fsp3) is 0.786. The molecular weight excluding hydrogens is 322 g/mol. The Kier molecular flexibility index (Phi) is 9.85. The quantitative estimate of drug-likeness (QED) is 0.346. The number of amides is 2. The number of hydrogen-bond donors (Lipinski definition) is 5. The predicted octanol–water partition coefficient (Wildman–Crippen LogP) is -0.842. The SMILES string of the molecule is CSCCC(NC(=O)C(N)C(C)O)C(=O)NC(C(=O)O)C(C)C. The molecule has 0 rings (SSSR count). The van der Waals surface area contributed by atoms with Gasteiger partial charge in [0.05, 0.1) is 6.10 Å². The van der Waals surface area contributed by atoms with E-state index in [2.05, 4.69) is 10.6 Å². The number of carbonyl (C=O) groups excluding carboxylic acids is 2. The minimum Gasteiger partial charge on any atom is -0.480 e. The summed E-state index contributed by atoms with van der Waals surface area (Å²) in [6.07, 6.45) is 1.13. The zero-order chi connectivity index (χ0) is 18.2. The molecule has 0 aromatic rings. The van der Waals surface area contributed by atoms with Gasteiger partial charge >= 0.3 is 5.97 Å². The molecule has 2 amide bonds. The summed E-state index contributed by atoms with van der Waals surface area (Å²) < 4.78 is 0. The molecule has 0 aliphatic rings. The van der Waals surface area contributed by atoms with Crippen LogP contribution in [-0.2, 0) is 14.4 Å². The van der Waals surface area contributed by atoms with Crippen molar-refractivity contribution in [1.82, 2.24) is 10.6 Å². The molecule has 8 nitrogen and oxygen atoms in total. The van der Waals surface area contributed by atoms with E-state index in [-0.39, 0.29) is 5.92 Å². The summed E-state index contributed by atoms with van der Waals surface area (Å²) >= 11 is 1.49. The van der Waals surface area contributed by atoms with Gasteiger partial charge in [-0.3, -0.25) is 9.59 Å². The summed E-state index contributed by atoms with van der Waals surface area (Å²) in [6.45, 7) is 4.73. The fourth-order valence-electron chi connectivity index (χ4n) is 1.76. The molecule has 9 heteroatoms. The Balaban J connectivity index is 4.97. The van der Waals surface area contributed by atoms with Crippen molar-refractivity contribution in [2.24, 2.45) is 11.7 Å². The van der Waals surface area contributed by atoms with E-state index in [0.717, 1.165) is 0 Å². The van der Waals surface area contributed by atoms with Crippen molar-refractivity contribution in [3.05, 3.63) is 0 Å². The van der Waals surface area contributed by atoms with E-state index >= 15 is 0 Å². The third-order valence-electron chi connectivity index (χ3n) is 3.30. The third-order valence-corrected chi connectivity index (χ3v) is 3.94. The van der Waals surface area contributed by atoms with Crippen molar-refractivity contribution in [1.29, 1.82) is 0 Å². The second kappa shape index (κ2) is 10.5. The van der Waals surface area contributed by atoms with E-state index in [0.29, 0.717) is 12.2 Å². The van der Waals surface area contributed by atoms with E-state index in [4.69, 9.17) is 10.8 Å². The molecule has 0 aromatic carbocycles. The average molecular weight is 349 g/mol. The molecule has 0 aliphatic heterocycles. The minimum atomic E-state index is -1.15. The Hall–Kier alpha value is -1.32. The van der Waals surface area contributed by atoms with Crippen molar-refractivity contribution in [2.45, 2.75) is 51.4 Å². The van der Waals surface area contributed by atoms with E-state index < -0.39 is 42.0 Å². The topological polar surface area (TPSA) is 142 Å². The highest BCUT2D eigenvalue weighted by molar-refractivity contribution is 7.98. The molecule has 0 heterocycles. The number of nitrogens with two attached hydrogens (primary N) is 1. The molecule has 0 spiro atoms. The lowest BCUT2D eigenvalue weighted by Crippen LogP contribution is -2.57. The largest absolute Gasteiger partial charge is 0.480 e. The molecule has 0 saturated heterocycles. The van der Waals surface area contributed by atoms with Crippen LogP contribution in [0.1, 0.15) is 27.2 Å². The summed E-state index contributed by atoms with van der Waals surface area (Å²) in [4.78, 5) is 35.4. The summed E-state index contributed by atoms with van der Waals surface area (Å²) in [5.41, 5.74) is 5.54. The predicted molar refractivity (Wildman–Crippen MR) is 89.0 cm³/mol. The number of nitrogens with one attached hydrogen (secondary N) is 2. The van der Waals surface area contributed by atoms with E-state index in [1.54, 1.807) is 13.8 Å². The van der Waals surface area contributed by atoms with E-state index in [1.165, 1.54) is 18.7 Å². The van der Waals surface area contributed by atoms with Gasteiger partial charge in [-0.05, 0) is 31.3 Å².